The third-order valence-corrected chi connectivity index (χ3v) is 4.82. The summed E-state index contributed by atoms with van der Waals surface area (Å²) in [7, 11) is 0. The van der Waals surface area contributed by atoms with Gasteiger partial charge in [-0.1, -0.05) is 0 Å². The number of carboxylic acid groups (broad SMARTS) is 1. The van der Waals surface area contributed by atoms with Crippen LogP contribution in [0.25, 0.3) is 0 Å². The van der Waals surface area contributed by atoms with Crippen molar-refractivity contribution in [3.05, 3.63) is 24.0 Å². The standard InChI is InChI=1S/C18H22FNO4/c19-14-7-8-15(16(9-14)24-10-11-1-2-11)20-17(21)12-3-5-13(6-4-12)18(22)23/h7-9,11-13H,1-6,10H2,(H,20,21)(H,22,23). The average molecular weight is 335 g/mol. The van der Waals surface area contributed by atoms with Gasteiger partial charge in [0.2, 0.25) is 5.91 Å². The first-order valence-electron chi connectivity index (χ1n) is 8.49. The summed E-state index contributed by atoms with van der Waals surface area (Å²) in [5.41, 5.74) is 0.474. The molecule has 5 nitrogen and oxygen atoms in total. The third-order valence-electron chi connectivity index (χ3n) is 4.82. The number of amides is 1. The van der Waals surface area contributed by atoms with E-state index in [2.05, 4.69) is 5.32 Å². The average Bonchev–Trinajstić information content (AvgIpc) is 3.39. The Labute approximate surface area is 140 Å². The summed E-state index contributed by atoms with van der Waals surface area (Å²) in [6, 6.07) is 4.10. The fraction of sp³-hybridized carbons (Fsp3) is 0.556. The lowest BCUT2D eigenvalue weighted by molar-refractivity contribution is -0.143. The summed E-state index contributed by atoms with van der Waals surface area (Å²) in [5.74, 6) is -1.01. The van der Waals surface area contributed by atoms with Gasteiger partial charge in [-0.15, -0.1) is 0 Å². The molecule has 2 saturated carbocycles. The van der Waals surface area contributed by atoms with Crippen molar-refractivity contribution >= 4 is 17.6 Å². The van der Waals surface area contributed by atoms with E-state index < -0.39 is 11.8 Å². The predicted molar refractivity (Wildman–Crippen MR) is 86.3 cm³/mol. The molecule has 0 spiro atoms. The fourth-order valence-electron chi connectivity index (χ4n) is 3.05. The first kappa shape index (κ1) is 16.7. The first-order chi connectivity index (χ1) is 11.5. The van der Waals surface area contributed by atoms with E-state index >= 15 is 0 Å². The lowest BCUT2D eigenvalue weighted by Gasteiger charge is -2.25. The molecular formula is C18H22FNO4. The van der Waals surface area contributed by atoms with Gasteiger partial charge in [0.05, 0.1) is 18.2 Å². The molecule has 0 bridgehead atoms. The van der Waals surface area contributed by atoms with E-state index in [4.69, 9.17) is 9.84 Å². The molecule has 2 fully saturated rings. The zero-order chi connectivity index (χ0) is 17.1. The van der Waals surface area contributed by atoms with Gasteiger partial charge < -0.3 is 15.2 Å². The number of hydrogen-bond donors (Lipinski definition) is 2. The zero-order valence-corrected chi connectivity index (χ0v) is 13.5. The highest BCUT2D eigenvalue weighted by molar-refractivity contribution is 5.94. The summed E-state index contributed by atoms with van der Waals surface area (Å²) >= 11 is 0. The summed E-state index contributed by atoms with van der Waals surface area (Å²) in [6.07, 6.45) is 4.40. The van der Waals surface area contributed by atoms with Crippen LogP contribution in [-0.4, -0.2) is 23.6 Å². The van der Waals surface area contributed by atoms with Crippen molar-refractivity contribution in [3.63, 3.8) is 0 Å². The van der Waals surface area contributed by atoms with Gasteiger partial charge in [0.25, 0.3) is 0 Å². The number of nitrogens with one attached hydrogen (secondary N) is 1. The number of carbonyl (C=O) groups is 2. The molecule has 1 amide bonds. The van der Waals surface area contributed by atoms with Crippen molar-refractivity contribution in [2.45, 2.75) is 38.5 Å². The molecule has 2 aliphatic rings. The van der Waals surface area contributed by atoms with Gasteiger partial charge in [0.1, 0.15) is 11.6 Å². The monoisotopic (exact) mass is 335 g/mol. The second-order valence-electron chi connectivity index (χ2n) is 6.77. The highest BCUT2D eigenvalue weighted by Crippen LogP contribution is 2.34. The van der Waals surface area contributed by atoms with Crippen molar-refractivity contribution in [2.75, 3.05) is 11.9 Å². The molecule has 6 heteroatoms. The Kier molecular flexibility index (Phi) is 5.02. The van der Waals surface area contributed by atoms with Gasteiger partial charge in [0, 0.05) is 12.0 Å². The van der Waals surface area contributed by atoms with E-state index in [1.165, 1.54) is 18.2 Å². The largest absolute Gasteiger partial charge is 0.491 e. The SMILES string of the molecule is O=C(O)C1CCC(C(=O)Nc2ccc(F)cc2OCC2CC2)CC1. The smallest absolute Gasteiger partial charge is 0.306 e. The molecule has 2 aliphatic carbocycles. The molecule has 0 atom stereocenters. The highest BCUT2D eigenvalue weighted by atomic mass is 19.1. The molecule has 0 radical (unpaired) electrons. The summed E-state index contributed by atoms with van der Waals surface area (Å²) in [4.78, 5) is 23.4. The van der Waals surface area contributed by atoms with E-state index in [0.29, 0.717) is 49.6 Å². The third kappa shape index (κ3) is 4.24. The second-order valence-corrected chi connectivity index (χ2v) is 6.77. The summed E-state index contributed by atoms with van der Waals surface area (Å²) < 4.78 is 19.1. The van der Waals surface area contributed by atoms with Crippen molar-refractivity contribution in [3.8, 4) is 5.75 Å². The molecule has 130 valence electrons. The highest BCUT2D eigenvalue weighted by Gasteiger charge is 2.30. The Morgan fingerprint density at radius 2 is 1.79 bits per heavy atom. The molecule has 3 rings (SSSR count). The van der Waals surface area contributed by atoms with Gasteiger partial charge in [-0.2, -0.15) is 0 Å². The number of benzene rings is 1. The van der Waals surface area contributed by atoms with E-state index in [1.54, 1.807) is 0 Å². The van der Waals surface area contributed by atoms with E-state index in [1.807, 2.05) is 0 Å². The number of aliphatic carboxylic acids is 1. The van der Waals surface area contributed by atoms with Gasteiger partial charge in [-0.3, -0.25) is 9.59 Å². The maximum atomic E-state index is 13.4. The van der Waals surface area contributed by atoms with Crippen molar-refractivity contribution in [1.82, 2.24) is 0 Å². The number of carbonyl (C=O) groups excluding carboxylic acids is 1. The summed E-state index contributed by atoms with van der Waals surface area (Å²) in [6.45, 7) is 0.538. The Morgan fingerprint density at radius 3 is 2.42 bits per heavy atom. The number of rotatable bonds is 6. The van der Waals surface area contributed by atoms with E-state index in [0.717, 1.165) is 12.8 Å². The fourth-order valence-corrected chi connectivity index (χ4v) is 3.05. The Morgan fingerprint density at radius 1 is 1.12 bits per heavy atom. The van der Waals surface area contributed by atoms with Crippen LogP contribution in [0.3, 0.4) is 0 Å². The van der Waals surface area contributed by atoms with Crippen molar-refractivity contribution in [1.29, 1.82) is 0 Å². The quantitative estimate of drug-likeness (QED) is 0.835. The minimum Gasteiger partial charge on any atom is -0.491 e. The van der Waals surface area contributed by atoms with E-state index in [9.17, 15) is 14.0 Å². The predicted octanol–water partition coefficient (Wildman–Crippen LogP) is 3.44. The Hall–Kier alpha value is -2.11. The molecule has 0 saturated heterocycles. The van der Waals surface area contributed by atoms with Crippen LogP contribution in [0.2, 0.25) is 0 Å². The lowest BCUT2D eigenvalue weighted by Crippen LogP contribution is -2.29. The summed E-state index contributed by atoms with van der Waals surface area (Å²) in [5, 5.41) is 11.8. The second kappa shape index (κ2) is 7.20. The Bertz CT molecular complexity index is 621. The van der Waals surface area contributed by atoms with Crippen LogP contribution >= 0.6 is 0 Å². The van der Waals surface area contributed by atoms with Crippen LogP contribution in [-0.2, 0) is 9.59 Å². The maximum Gasteiger partial charge on any atom is 0.306 e. The molecule has 0 aliphatic heterocycles. The van der Waals surface area contributed by atoms with Gasteiger partial charge in [-0.25, -0.2) is 4.39 Å². The number of ether oxygens (including phenoxy) is 1. The van der Waals surface area contributed by atoms with Gasteiger partial charge in [0.15, 0.2) is 0 Å². The minimum atomic E-state index is -0.789. The number of anilines is 1. The normalized spacial score (nSPS) is 23.5. The maximum absolute atomic E-state index is 13.4. The topological polar surface area (TPSA) is 75.6 Å². The number of carboxylic acids is 1. The molecule has 0 unspecified atom stereocenters. The van der Waals surface area contributed by atoms with Crippen LogP contribution in [0, 0.1) is 23.6 Å². The van der Waals surface area contributed by atoms with Crippen LogP contribution in [0.4, 0.5) is 10.1 Å². The van der Waals surface area contributed by atoms with Crippen LogP contribution in [0.15, 0.2) is 18.2 Å². The zero-order valence-electron chi connectivity index (χ0n) is 13.5. The molecule has 1 aromatic carbocycles. The van der Waals surface area contributed by atoms with Gasteiger partial charge >= 0.3 is 5.97 Å². The molecule has 0 aromatic heterocycles. The van der Waals surface area contributed by atoms with Crippen LogP contribution < -0.4 is 10.1 Å². The van der Waals surface area contributed by atoms with Crippen LogP contribution in [0.5, 0.6) is 5.75 Å². The van der Waals surface area contributed by atoms with Crippen molar-refractivity contribution < 1.29 is 23.8 Å². The van der Waals surface area contributed by atoms with Gasteiger partial charge in [-0.05, 0) is 56.6 Å². The van der Waals surface area contributed by atoms with Crippen LogP contribution in [0.1, 0.15) is 38.5 Å². The minimum absolute atomic E-state index is 0.151. The molecule has 0 heterocycles. The lowest BCUT2D eigenvalue weighted by atomic mass is 9.81. The first-order valence-corrected chi connectivity index (χ1v) is 8.49. The van der Waals surface area contributed by atoms with Crippen molar-refractivity contribution in [2.24, 2.45) is 17.8 Å². The number of hydrogen-bond acceptors (Lipinski definition) is 3. The molecular weight excluding hydrogens is 313 g/mol. The molecule has 1 aromatic rings. The number of halogens is 1. The molecule has 24 heavy (non-hydrogen) atoms. The van der Waals surface area contributed by atoms with E-state index in [-0.39, 0.29) is 17.7 Å². The Balaban J connectivity index is 1.60. The molecule has 2 N–H and O–H groups in total.